The van der Waals surface area contributed by atoms with Gasteiger partial charge in [0.25, 0.3) is 0 Å². The van der Waals surface area contributed by atoms with Gasteiger partial charge in [0, 0.05) is 19.5 Å². The van der Waals surface area contributed by atoms with Gasteiger partial charge in [0.1, 0.15) is 0 Å². The van der Waals surface area contributed by atoms with E-state index in [9.17, 15) is 0 Å². The Kier molecular flexibility index (Phi) is 8.12. The number of rotatable bonds is 9. The summed E-state index contributed by atoms with van der Waals surface area (Å²) in [5.74, 6) is 0.810. The molecule has 0 aromatic rings. The normalized spacial score (nSPS) is 25.5. The topological polar surface area (TPSA) is 86.8 Å². The first-order chi connectivity index (χ1) is 10.1. The van der Waals surface area contributed by atoms with Crippen LogP contribution >= 0.6 is 0 Å². The molecule has 0 radical (unpaired) electrons. The third kappa shape index (κ3) is 6.80. The van der Waals surface area contributed by atoms with Crippen molar-refractivity contribution < 1.29 is 0 Å². The van der Waals surface area contributed by atoms with E-state index < -0.39 is 5.79 Å². The molecule has 0 atom stereocenters. The van der Waals surface area contributed by atoms with Crippen LogP contribution in [0.25, 0.3) is 0 Å². The molecule has 0 saturated carbocycles. The SMILES string of the molecule is CCCCN=C1NC(=NCCCC)NC(N)(CCCC)N1. The summed E-state index contributed by atoms with van der Waals surface area (Å²) in [6.07, 6.45) is 7.43. The predicted molar refractivity (Wildman–Crippen MR) is 90.3 cm³/mol. The van der Waals surface area contributed by atoms with Crippen molar-refractivity contribution in [2.24, 2.45) is 15.7 Å². The molecule has 1 aliphatic heterocycles. The zero-order chi connectivity index (χ0) is 15.6. The van der Waals surface area contributed by atoms with Crippen molar-refractivity contribution >= 4 is 11.9 Å². The van der Waals surface area contributed by atoms with Gasteiger partial charge < -0.3 is 10.6 Å². The van der Waals surface area contributed by atoms with Crippen molar-refractivity contribution in [3.63, 3.8) is 0 Å². The fraction of sp³-hybridized carbons (Fsp3) is 0.867. The fourth-order valence-corrected chi connectivity index (χ4v) is 2.07. The quantitative estimate of drug-likeness (QED) is 0.489. The summed E-state index contributed by atoms with van der Waals surface area (Å²) in [7, 11) is 0. The van der Waals surface area contributed by atoms with E-state index in [-0.39, 0.29) is 0 Å². The number of nitrogens with one attached hydrogen (secondary N) is 3. The molecule has 0 aromatic carbocycles. The minimum absolute atomic E-state index is 0.655. The zero-order valence-corrected chi connectivity index (χ0v) is 13.8. The molecule has 1 saturated heterocycles. The average Bonchev–Trinajstić information content (AvgIpc) is 2.45. The minimum Gasteiger partial charge on any atom is -0.321 e. The van der Waals surface area contributed by atoms with Gasteiger partial charge in [0.2, 0.25) is 11.9 Å². The molecule has 1 heterocycles. The number of guanidine groups is 2. The standard InChI is InChI=1S/C15H32N6/c1-4-7-10-15(16)20-13(17-11-8-5-2)19-14(21-15)18-12-9-6-3/h4-12,16H2,1-3H3,(H3,17,18,19,20,21). The molecule has 122 valence electrons. The maximum Gasteiger partial charge on any atom is 0.200 e. The Morgan fingerprint density at radius 2 is 1.33 bits per heavy atom. The highest BCUT2D eigenvalue weighted by Gasteiger charge is 2.31. The molecule has 0 spiro atoms. The van der Waals surface area contributed by atoms with Gasteiger partial charge in [-0.1, -0.05) is 40.0 Å². The number of nitrogens with zero attached hydrogens (tertiary/aromatic N) is 2. The van der Waals surface area contributed by atoms with Gasteiger partial charge in [-0.2, -0.15) is 0 Å². The van der Waals surface area contributed by atoms with Crippen LogP contribution in [0.4, 0.5) is 0 Å². The van der Waals surface area contributed by atoms with Gasteiger partial charge in [0.15, 0.2) is 5.79 Å². The van der Waals surface area contributed by atoms with E-state index in [1.807, 2.05) is 0 Å². The highest BCUT2D eigenvalue weighted by molar-refractivity contribution is 6.01. The van der Waals surface area contributed by atoms with Crippen LogP contribution in [0.1, 0.15) is 65.7 Å². The maximum atomic E-state index is 6.41. The molecule has 0 unspecified atom stereocenters. The molecular formula is C15H32N6. The lowest BCUT2D eigenvalue weighted by atomic mass is 10.1. The Morgan fingerprint density at radius 1 is 0.857 bits per heavy atom. The number of aliphatic imine (C=N–C) groups is 2. The Bertz CT molecular complexity index is 324. The molecule has 0 aliphatic carbocycles. The highest BCUT2D eigenvalue weighted by atomic mass is 15.5. The third-order valence-corrected chi connectivity index (χ3v) is 3.41. The minimum atomic E-state index is -0.655. The van der Waals surface area contributed by atoms with Crippen molar-refractivity contribution in [2.75, 3.05) is 13.1 Å². The number of hydrogen-bond donors (Lipinski definition) is 4. The highest BCUT2D eigenvalue weighted by Crippen LogP contribution is 2.08. The summed E-state index contributed by atoms with van der Waals surface area (Å²) < 4.78 is 0. The van der Waals surface area contributed by atoms with E-state index in [1.54, 1.807) is 0 Å². The Morgan fingerprint density at radius 3 is 1.76 bits per heavy atom. The number of nitrogens with two attached hydrogens (primary N) is 1. The first kappa shape index (κ1) is 17.8. The molecule has 5 N–H and O–H groups in total. The van der Waals surface area contributed by atoms with Crippen LogP contribution in [0.2, 0.25) is 0 Å². The lowest BCUT2D eigenvalue weighted by Crippen LogP contribution is -2.75. The fourth-order valence-electron chi connectivity index (χ4n) is 2.07. The van der Waals surface area contributed by atoms with Gasteiger partial charge in [-0.3, -0.25) is 21.0 Å². The summed E-state index contributed by atoms with van der Waals surface area (Å²) >= 11 is 0. The van der Waals surface area contributed by atoms with E-state index >= 15 is 0 Å². The van der Waals surface area contributed by atoms with E-state index in [4.69, 9.17) is 5.73 Å². The zero-order valence-electron chi connectivity index (χ0n) is 13.8. The molecule has 1 rings (SSSR count). The van der Waals surface area contributed by atoms with Crippen LogP contribution in [0.15, 0.2) is 9.98 Å². The van der Waals surface area contributed by atoms with E-state index in [1.165, 1.54) is 0 Å². The van der Waals surface area contributed by atoms with Crippen molar-refractivity contribution in [3.8, 4) is 0 Å². The molecule has 0 bridgehead atoms. The van der Waals surface area contributed by atoms with Crippen LogP contribution in [-0.4, -0.2) is 30.8 Å². The summed E-state index contributed by atoms with van der Waals surface area (Å²) in [5.41, 5.74) is 6.41. The van der Waals surface area contributed by atoms with Crippen LogP contribution in [0.3, 0.4) is 0 Å². The van der Waals surface area contributed by atoms with E-state index in [0.717, 1.165) is 70.0 Å². The summed E-state index contributed by atoms with van der Waals surface area (Å²) in [6.45, 7) is 8.10. The lowest BCUT2D eigenvalue weighted by Gasteiger charge is -2.38. The van der Waals surface area contributed by atoms with Gasteiger partial charge in [-0.25, -0.2) is 0 Å². The number of unbranched alkanes of at least 4 members (excludes halogenated alkanes) is 3. The van der Waals surface area contributed by atoms with Crippen LogP contribution in [-0.2, 0) is 0 Å². The molecule has 21 heavy (non-hydrogen) atoms. The Hall–Kier alpha value is -1.30. The summed E-state index contributed by atoms with van der Waals surface area (Å²) in [5, 5.41) is 9.74. The Labute approximate surface area is 129 Å². The molecule has 0 amide bonds. The van der Waals surface area contributed by atoms with Crippen molar-refractivity contribution in [1.82, 2.24) is 16.0 Å². The monoisotopic (exact) mass is 296 g/mol. The van der Waals surface area contributed by atoms with Gasteiger partial charge in [0.05, 0.1) is 0 Å². The summed E-state index contributed by atoms with van der Waals surface area (Å²) in [4.78, 5) is 9.10. The largest absolute Gasteiger partial charge is 0.321 e. The van der Waals surface area contributed by atoms with Crippen molar-refractivity contribution in [2.45, 2.75) is 71.5 Å². The maximum absolute atomic E-state index is 6.41. The molecule has 1 fully saturated rings. The average molecular weight is 296 g/mol. The van der Waals surface area contributed by atoms with Gasteiger partial charge in [-0.15, -0.1) is 0 Å². The molecule has 6 heteroatoms. The summed E-state index contributed by atoms with van der Waals surface area (Å²) in [6, 6.07) is 0. The van der Waals surface area contributed by atoms with Crippen LogP contribution in [0, 0.1) is 0 Å². The first-order valence-electron chi connectivity index (χ1n) is 8.34. The van der Waals surface area contributed by atoms with Crippen LogP contribution < -0.4 is 21.7 Å². The third-order valence-electron chi connectivity index (χ3n) is 3.41. The van der Waals surface area contributed by atoms with Crippen molar-refractivity contribution in [3.05, 3.63) is 0 Å². The molecule has 0 aromatic heterocycles. The van der Waals surface area contributed by atoms with Crippen LogP contribution in [0.5, 0.6) is 0 Å². The first-order valence-corrected chi connectivity index (χ1v) is 8.34. The molecular weight excluding hydrogens is 264 g/mol. The Balaban J connectivity index is 2.72. The van der Waals surface area contributed by atoms with E-state index in [2.05, 4.69) is 46.7 Å². The smallest absolute Gasteiger partial charge is 0.200 e. The second-order valence-electron chi connectivity index (χ2n) is 5.62. The van der Waals surface area contributed by atoms with Gasteiger partial charge in [-0.05, 0) is 19.3 Å². The molecule has 6 nitrogen and oxygen atoms in total. The van der Waals surface area contributed by atoms with E-state index in [0.29, 0.717) is 0 Å². The number of hydrogen-bond acceptors (Lipinski definition) is 3. The second-order valence-corrected chi connectivity index (χ2v) is 5.62. The van der Waals surface area contributed by atoms with Crippen molar-refractivity contribution in [1.29, 1.82) is 0 Å². The van der Waals surface area contributed by atoms with Gasteiger partial charge >= 0.3 is 0 Å². The molecule has 1 aliphatic rings. The predicted octanol–water partition coefficient (Wildman–Crippen LogP) is 1.88. The lowest BCUT2D eigenvalue weighted by molar-refractivity contribution is 0.309. The second kappa shape index (κ2) is 9.60.